The second-order valence-electron chi connectivity index (χ2n) is 6.81. The first-order valence-electron chi connectivity index (χ1n) is 9.57. The van der Waals surface area contributed by atoms with Gasteiger partial charge in [0.1, 0.15) is 10.6 Å². The monoisotopic (exact) mass is 445 g/mol. The van der Waals surface area contributed by atoms with Gasteiger partial charge in [0.2, 0.25) is 5.91 Å². The van der Waals surface area contributed by atoms with Crippen LogP contribution in [0.3, 0.4) is 0 Å². The van der Waals surface area contributed by atoms with Crippen LogP contribution in [0.4, 0.5) is 0 Å². The number of amidine groups is 1. The topological polar surface area (TPSA) is 97.2 Å². The predicted molar refractivity (Wildman–Crippen MR) is 120 cm³/mol. The van der Waals surface area contributed by atoms with Gasteiger partial charge in [-0.1, -0.05) is 61.4 Å². The average Bonchev–Trinajstić information content (AvgIpc) is 3.06. The lowest BCUT2D eigenvalue weighted by Crippen LogP contribution is -2.24. The largest absolute Gasteiger partial charge is 0.379 e. The molecule has 158 valence electrons. The molecule has 1 saturated heterocycles. The summed E-state index contributed by atoms with van der Waals surface area (Å²) in [5.41, 5.74) is 1.58. The van der Waals surface area contributed by atoms with Crippen LogP contribution in [0.2, 0.25) is 0 Å². The van der Waals surface area contributed by atoms with Crippen molar-refractivity contribution >= 4 is 39.2 Å². The van der Waals surface area contributed by atoms with Crippen molar-refractivity contribution < 1.29 is 17.4 Å². The Labute approximate surface area is 180 Å². The minimum absolute atomic E-state index is 0.0425. The van der Waals surface area contributed by atoms with Crippen LogP contribution in [0.1, 0.15) is 37.3 Å². The number of unbranched alkanes of at least 4 members (excludes halogenated alkanes) is 1. The molecule has 0 bridgehead atoms. The van der Waals surface area contributed by atoms with Crippen molar-refractivity contribution in [2.75, 3.05) is 0 Å². The molecule has 7 nitrogen and oxygen atoms in total. The fourth-order valence-corrected chi connectivity index (χ4v) is 4.60. The molecular weight excluding hydrogens is 422 g/mol. The molecule has 1 amide bonds. The number of carbonyl (C=O) groups is 1. The summed E-state index contributed by atoms with van der Waals surface area (Å²) in [5, 5.41) is 11.1. The third-order valence-electron chi connectivity index (χ3n) is 4.33. The van der Waals surface area contributed by atoms with Gasteiger partial charge in [-0.15, -0.1) is 5.10 Å². The zero-order valence-electron chi connectivity index (χ0n) is 16.7. The standard InChI is InChI=1S/C21H23N3O4S2/c1-3-4-8-19-20(25)23-21(29-19)24-22-14-16-6-5-7-17(13-16)28-30(26,27)18-11-9-15(2)10-12-18/h5-7,9-14,19H,3-4,8H2,1-2H3,(H,23,24,25)/b22-14-/t19-/m0/s1. The van der Waals surface area contributed by atoms with Crippen molar-refractivity contribution in [1.29, 1.82) is 0 Å². The molecule has 0 aliphatic carbocycles. The van der Waals surface area contributed by atoms with Crippen LogP contribution in [-0.4, -0.2) is 31.0 Å². The van der Waals surface area contributed by atoms with Crippen molar-refractivity contribution in [3.05, 3.63) is 59.7 Å². The van der Waals surface area contributed by atoms with Crippen LogP contribution in [0, 0.1) is 6.92 Å². The van der Waals surface area contributed by atoms with E-state index < -0.39 is 10.1 Å². The SMILES string of the molecule is CCCC[C@@H]1S/C(=N\N=C/c2cccc(OS(=O)(=O)c3ccc(C)cc3)c2)NC1=O. The van der Waals surface area contributed by atoms with E-state index in [1.807, 2.05) is 6.92 Å². The van der Waals surface area contributed by atoms with E-state index >= 15 is 0 Å². The molecule has 3 rings (SSSR count). The van der Waals surface area contributed by atoms with Crippen LogP contribution in [0.5, 0.6) is 5.75 Å². The van der Waals surface area contributed by atoms with Crippen LogP contribution < -0.4 is 9.50 Å². The first kappa shape index (κ1) is 22.0. The summed E-state index contributed by atoms with van der Waals surface area (Å²) in [4.78, 5) is 12.0. The highest BCUT2D eigenvalue weighted by Crippen LogP contribution is 2.24. The minimum atomic E-state index is -3.92. The van der Waals surface area contributed by atoms with Gasteiger partial charge in [0.15, 0.2) is 5.17 Å². The number of rotatable bonds is 8. The van der Waals surface area contributed by atoms with E-state index in [0.29, 0.717) is 10.7 Å². The summed E-state index contributed by atoms with van der Waals surface area (Å²) in [7, 11) is -3.92. The van der Waals surface area contributed by atoms with Gasteiger partial charge in [-0.3, -0.25) is 4.79 Å². The lowest BCUT2D eigenvalue weighted by molar-refractivity contribution is -0.118. The lowest BCUT2D eigenvalue weighted by Gasteiger charge is -2.07. The third-order valence-corrected chi connectivity index (χ3v) is 6.73. The summed E-state index contributed by atoms with van der Waals surface area (Å²) >= 11 is 1.38. The Morgan fingerprint density at radius 1 is 1.20 bits per heavy atom. The highest BCUT2D eigenvalue weighted by molar-refractivity contribution is 8.15. The molecular formula is C21H23N3O4S2. The van der Waals surface area contributed by atoms with Gasteiger partial charge in [-0.2, -0.15) is 13.5 Å². The van der Waals surface area contributed by atoms with Crippen molar-refractivity contribution in [2.45, 2.75) is 43.3 Å². The summed E-state index contributed by atoms with van der Waals surface area (Å²) < 4.78 is 30.1. The number of benzene rings is 2. The van der Waals surface area contributed by atoms with E-state index in [1.54, 1.807) is 36.4 Å². The van der Waals surface area contributed by atoms with Crippen molar-refractivity contribution in [3.8, 4) is 5.75 Å². The molecule has 1 fully saturated rings. The molecule has 1 atom stereocenters. The van der Waals surface area contributed by atoms with Crippen molar-refractivity contribution in [2.24, 2.45) is 10.2 Å². The molecule has 1 aliphatic heterocycles. The van der Waals surface area contributed by atoms with Gasteiger partial charge in [0, 0.05) is 0 Å². The zero-order valence-corrected chi connectivity index (χ0v) is 18.4. The lowest BCUT2D eigenvalue weighted by atomic mass is 10.2. The summed E-state index contributed by atoms with van der Waals surface area (Å²) in [6.07, 6.45) is 4.31. The summed E-state index contributed by atoms with van der Waals surface area (Å²) in [6, 6.07) is 13.0. The number of nitrogens with zero attached hydrogens (tertiary/aromatic N) is 2. The normalized spacial score (nSPS) is 18.1. The number of carbonyl (C=O) groups excluding carboxylic acids is 1. The maximum Gasteiger partial charge on any atom is 0.339 e. The van der Waals surface area contributed by atoms with E-state index in [9.17, 15) is 13.2 Å². The molecule has 2 aromatic carbocycles. The Hall–Kier alpha value is -2.65. The summed E-state index contributed by atoms with van der Waals surface area (Å²) in [5.74, 6) is 0.134. The van der Waals surface area contributed by atoms with Crippen molar-refractivity contribution in [1.82, 2.24) is 5.32 Å². The molecule has 0 radical (unpaired) electrons. The number of hydrogen-bond acceptors (Lipinski definition) is 7. The number of amides is 1. The molecule has 2 aromatic rings. The molecule has 30 heavy (non-hydrogen) atoms. The highest BCUT2D eigenvalue weighted by atomic mass is 32.2. The first-order valence-corrected chi connectivity index (χ1v) is 11.9. The molecule has 0 aromatic heterocycles. The van der Waals surface area contributed by atoms with E-state index in [2.05, 4.69) is 22.4 Å². The summed E-state index contributed by atoms with van der Waals surface area (Å²) in [6.45, 7) is 3.96. The van der Waals surface area contributed by atoms with Gasteiger partial charge in [0.25, 0.3) is 0 Å². The van der Waals surface area contributed by atoms with Gasteiger partial charge in [-0.05, 0) is 43.2 Å². The van der Waals surface area contributed by atoms with Crippen LogP contribution in [0.25, 0.3) is 0 Å². The van der Waals surface area contributed by atoms with Crippen LogP contribution in [-0.2, 0) is 14.9 Å². The molecule has 0 unspecified atom stereocenters. The molecule has 1 heterocycles. The number of aryl methyl sites for hydroxylation is 1. The average molecular weight is 446 g/mol. The van der Waals surface area contributed by atoms with E-state index in [1.165, 1.54) is 30.1 Å². The van der Waals surface area contributed by atoms with Gasteiger partial charge in [-0.25, -0.2) is 0 Å². The fraction of sp³-hybridized carbons (Fsp3) is 0.286. The van der Waals surface area contributed by atoms with Crippen molar-refractivity contribution in [3.63, 3.8) is 0 Å². The smallest absolute Gasteiger partial charge is 0.339 e. The molecule has 1 N–H and O–H groups in total. The highest BCUT2D eigenvalue weighted by Gasteiger charge is 2.29. The van der Waals surface area contributed by atoms with E-state index in [-0.39, 0.29) is 21.8 Å². The fourth-order valence-electron chi connectivity index (χ4n) is 2.71. The first-order chi connectivity index (χ1) is 14.4. The molecule has 1 aliphatic rings. The Kier molecular flexibility index (Phi) is 7.28. The second kappa shape index (κ2) is 9.90. The predicted octanol–water partition coefficient (Wildman–Crippen LogP) is 3.87. The third kappa shape index (κ3) is 5.93. The Morgan fingerprint density at radius 2 is 1.97 bits per heavy atom. The quantitative estimate of drug-likeness (QED) is 0.378. The van der Waals surface area contributed by atoms with Gasteiger partial charge in [0.05, 0.1) is 11.5 Å². The van der Waals surface area contributed by atoms with E-state index in [0.717, 1.165) is 24.8 Å². The molecule has 9 heteroatoms. The van der Waals surface area contributed by atoms with E-state index in [4.69, 9.17) is 4.18 Å². The number of hydrogen-bond donors (Lipinski definition) is 1. The maximum absolute atomic E-state index is 12.4. The van der Waals surface area contributed by atoms with Crippen LogP contribution >= 0.6 is 11.8 Å². The Bertz CT molecular complexity index is 1060. The Balaban J connectivity index is 1.66. The minimum Gasteiger partial charge on any atom is -0.379 e. The van der Waals surface area contributed by atoms with Gasteiger partial charge >= 0.3 is 10.1 Å². The second-order valence-corrected chi connectivity index (χ2v) is 9.55. The molecule has 0 spiro atoms. The number of nitrogens with one attached hydrogen (secondary N) is 1. The molecule has 0 saturated carbocycles. The van der Waals surface area contributed by atoms with Gasteiger partial charge < -0.3 is 9.50 Å². The zero-order chi connectivity index (χ0) is 21.6. The maximum atomic E-state index is 12.4. The van der Waals surface area contributed by atoms with Crippen LogP contribution in [0.15, 0.2) is 63.6 Å². The Morgan fingerprint density at radius 3 is 2.70 bits per heavy atom. The number of thioether (sulfide) groups is 1.